The molecular formula is C5H10N2O2S. The fraction of sp³-hybridized carbons (Fsp3) is 0.600. The van der Waals surface area contributed by atoms with E-state index in [0.29, 0.717) is 11.6 Å². The molecule has 0 aromatic rings. The quantitative estimate of drug-likeness (QED) is 0.562. The SMILES string of the molecule is CCOC(=O)NC(=S)CN. The molecule has 0 unspecified atom stereocenters. The largest absolute Gasteiger partial charge is 0.450 e. The number of hydrogen-bond donors (Lipinski definition) is 2. The molecule has 10 heavy (non-hydrogen) atoms. The van der Waals surface area contributed by atoms with E-state index in [0.717, 1.165) is 0 Å². The zero-order valence-electron chi connectivity index (χ0n) is 5.72. The second kappa shape index (κ2) is 5.13. The number of ether oxygens (including phenoxy) is 1. The van der Waals surface area contributed by atoms with Crippen molar-refractivity contribution in [2.75, 3.05) is 13.2 Å². The van der Waals surface area contributed by atoms with Gasteiger partial charge in [0.2, 0.25) is 0 Å². The third-order valence-electron chi connectivity index (χ3n) is 0.702. The Bertz CT molecular complexity index is 138. The summed E-state index contributed by atoms with van der Waals surface area (Å²) in [4.78, 5) is 10.8. The molecule has 0 radical (unpaired) electrons. The Morgan fingerprint density at radius 1 is 1.80 bits per heavy atom. The maximum absolute atomic E-state index is 10.5. The Kier molecular flexibility index (Phi) is 4.78. The molecule has 0 heterocycles. The van der Waals surface area contributed by atoms with Crippen LogP contribution < -0.4 is 11.1 Å². The zero-order valence-corrected chi connectivity index (χ0v) is 6.53. The number of alkyl carbamates (subject to hydrolysis) is 1. The van der Waals surface area contributed by atoms with Crippen LogP contribution in [0, 0.1) is 0 Å². The monoisotopic (exact) mass is 162 g/mol. The predicted octanol–water partition coefficient (Wildman–Crippen LogP) is 0.0186. The average Bonchev–Trinajstić information content (AvgIpc) is 1.88. The standard InChI is InChI=1S/C5H10N2O2S/c1-2-9-5(8)7-4(10)3-6/h2-3,6H2,1H3,(H,7,8,10). The van der Waals surface area contributed by atoms with Crippen LogP contribution in [0.15, 0.2) is 0 Å². The lowest BCUT2D eigenvalue weighted by molar-refractivity contribution is 0.158. The molecule has 0 saturated heterocycles. The molecule has 0 aliphatic carbocycles. The third kappa shape index (κ3) is 4.22. The van der Waals surface area contributed by atoms with Gasteiger partial charge in [0, 0.05) is 6.54 Å². The maximum atomic E-state index is 10.5. The molecule has 0 fully saturated rings. The Hall–Kier alpha value is -0.680. The molecule has 0 aliphatic heterocycles. The molecular weight excluding hydrogens is 152 g/mol. The smallest absolute Gasteiger partial charge is 0.412 e. The van der Waals surface area contributed by atoms with Crippen molar-refractivity contribution < 1.29 is 9.53 Å². The van der Waals surface area contributed by atoms with E-state index in [1.807, 2.05) is 0 Å². The van der Waals surface area contributed by atoms with Crippen molar-refractivity contribution in [3.05, 3.63) is 0 Å². The molecule has 0 atom stereocenters. The molecule has 1 amide bonds. The van der Waals surface area contributed by atoms with Crippen LogP contribution in [-0.4, -0.2) is 24.2 Å². The Morgan fingerprint density at radius 3 is 2.80 bits per heavy atom. The fourth-order valence-corrected chi connectivity index (χ4v) is 0.415. The van der Waals surface area contributed by atoms with Crippen LogP contribution >= 0.6 is 12.2 Å². The van der Waals surface area contributed by atoms with Gasteiger partial charge in [-0.3, -0.25) is 5.32 Å². The normalized spacial score (nSPS) is 8.60. The van der Waals surface area contributed by atoms with Gasteiger partial charge in [0.1, 0.15) is 0 Å². The fourth-order valence-electron chi connectivity index (χ4n) is 0.332. The van der Waals surface area contributed by atoms with Gasteiger partial charge in [0.15, 0.2) is 0 Å². The van der Waals surface area contributed by atoms with Crippen LogP contribution in [-0.2, 0) is 4.74 Å². The van der Waals surface area contributed by atoms with Crippen molar-refractivity contribution in [3.8, 4) is 0 Å². The number of carbonyl (C=O) groups is 1. The number of carbonyl (C=O) groups excluding carboxylic acids is 1. The second-order valence-electron chi connectivity index (χ2n) is 1.47. The van der Waals surface area contributed by atoms with E-state index in [-0.39, 0.29) is 6.54 Å². The van der Waals surface area contributed by atoms with E-state index < -0.39 is 6.09 Å². The first kappa shape index (κ1) is 9.32. The van der Waals surface area contributed by atoms with Gasteiger partial charge in [-0.05, 0) is 6.92 Å². The molecule has 0 aliphatic rings. The van der Waals surface area contributed by atoms with Crippen molar-refractivity contribution >= 4 is 23.3 Å². The van der Waals surface area contributed by atoms with E-state index in [1.54, 1.807) is 6.92 Å². The summed E-state index contributed by atoms with van der Waals surface area (Å²) >= 11 is 4.61. The van der Waals surface area contributed by atoms with Gasteiger partial charge in [0.25, 0.3) is 0 Å². The summed E-state index contributed by atoms with van der Waals surface area (Å²) in [5.74, 6) is 0. The van der Waals surface area contributed by atoms with Gasteiger partial charge in [-0.25, -0.2) is 4.79 Å². The molecule has 0 aromatic heterocycles. The van der Waals surface area contributed by atoms with Gasteiger partial charge < -0.3 is 10.5 Å². The van der Waals surface area contributed by atoms with E-state index in [9.17, 15) is 4.79 Å². The summed E-state index contributed by atoms with van der Waals surface area (Å²) in [7, 11) is 0. The second-order valence-corrected chi connectivity index (χ2v) is 1.97. The highest BCUT2D eigenvalue weighted by Gasteiger charge is 2.00. The van der Waals surface area contributed by atoms with Crippen LogP contribution in [0.2, 0.25) is 0 Å². The molecule has 0 aromatic carbocycles. The average molecular weight is 162 g/mol. The van der Waals surface area contributed by atoms with E-state index in [4.69, 9.17) is 5.73 Å². The van der Waals surface area contributed by atoms with Gasteiger partial charge in [0.05, 0.1) is 11.6 Å². The summed E-state index contributed by atoms with van der Waals surface area (Å²) in [6.45, 7) is 2.21. The number of nitrogens with one attached hydrogen (secondary N) is 1. The lowest BCUT2D eigenvalue weighted by atomic mass is 10.6. The number of thiocarbonyl (C=S) groups is 1. The van der Waals surface area contributed by atoms with Crippen LogP contribution in [0.25, 0.3) is 0 Å². The topological polar surface area (TPSA) is 64.3 Å². The van der Waals surface area contributed by atoms with Crippen molar-refractivity contribution in [2.24, 2.45) is 5.73 Å². The summed E-state index contributed by atoms with van der Waals surface area (Å²) in [5, 5.41) is 2.28. The van der Waals surface area contributed by atoms with Crippen LogP contribution in [0.3, 0.4) is 0 Å². The predicted molar refractivity (Wildman–Crippen MR) is 41.8 cm³/mol. The Balaban J connectivity index is 3.47. The van der Waals surface area contributed by atoms with E-state index in [2.05, 4.69) is 22.3 Å². The number of rotatable bonds is 2. The molecule has 4 nitrogen and oxygen atoms in total. The first-order valence-corrected chi connectivity index (χ1v) is 3.28. The van der Waals surface area contributed by atoms with Crippen molar-refractivity contribution in [1.82, 2.24) is 5.32 Å². The Morgan fingerprint density at radius 2 is 2.40 bits per heavy atom. The highest BCUT2D eigenvalue weighted by molar-refractivity contribution is 7.80. The number of amides is 1. The van der Waals surface area contributed by atoms with Gasteiger partial charge in [-0.1, -0.05) is 12.2 Å². The summed E-state index contributed by atoms with van der Waals surface area (Å²) in [6, 6.07) is 0. The number of hydrogen-bond acceptors (Lipinski definition) is 4. The molecule has 0 bridgehead atoms. The van der Waals surface area contributed by atoms with Crippen LogP contribution in [0.5, 0.6) is 0 Å². The van der Waals surface area contributed by atoms with Gasteiger partial charge in [-0.2, -0.15) is 0 Å². The lowest BCUT2D eigenvalue weighted by Crippen LogP contribution is -2.34. The van der Waals surface area contributed by atoms with E-state index >= 15 is 0 Å². The van der Waals surface area contributed by atoms with Crippen molar-refractivity contribution in [2.45, 2.75) is 6.92 Å². The first-order valence-electron chi connectivity index (χ1n) is 2.87. The molecule has 58 valence electrons. The molecule has 3 N–H and O–H groups in total. The molecule has 0 saturated carbocycles. The molecule has 0 rings (SSSR count). The van der Waals surface area contributed by atoms with E-state index in [1.165, 1.54) is 0 Å². The highest BCUT2D eigenvalue weighted by atomic mass is 32.1. The summed E-state index contributed by atoms with van der Waals surface area (Å²) in [6.07, 6.45) is -0.544. The highest BCUT2D eigenvalue weighted by Crippen LogP contribution is 1.76. The first-order chi connectivity index (χ1) is 4.70. The van der Waals surface area contributed by atoms with Gasteiger partial charge in [-0.15, -0.1) is 0 Å². The number of nitrogens with two attached hydrogens (primary N) is 1. The minimum absolute atomic E-state index is 0.161. The Labute approximate surface area is 64.7 Å². The summed E-state index contributed by atoms with van der Waals surface area (Å²) in [5.41, 5.74) is 5.11. The lowest BCUT2D eigenvalue weighted by Gasteiger charge is -2.02. The third-order valence-corrected chi connectivity index (χ3v) is 0.971. The molecule has 5 heteroatoms. The minimum Gasteiger partial charge on any atom is -0.450 e. The van der Waals surface area contributed by atoms with Crippen LogP contribution in [0.1, 0.15) is 6.92 Å². The van der Waals surface area contributed by atoms with Crippen molar-refractivity contribution in [3.63, 3.8) is 0 Å². The van der Waals surface area contributed by atoms with Crippen LogP contribution in [0.4, 0.5) is 4.79 Å². The molecule has 0 spiro atoms. The van der Waals surface area contributed by atoms with Gasteiger partial charge >= 0.3 is 6.09 Å². The van der Waals surface area contributed by atoms with Crippen molar-refractivity contribution in [1.29, 1.82) is 0 Å². The zero-order chi connectivity index (χ0) is 7.98. The summed E-state index contributed by atoms with van der Waals surface area (Å²) < 4.78 is 4.52. The maximum Gasteiger partial charge on any atom is 0.412 e. The minimum atomic E-state index is -0.544.